The Balaban J connectivity index is 3.18. The molecule has 1 aromatic carbocycles. The zero-order valence-corrected chi connectivity index (χ0v) is 15.0. The minimum absolute atomic E-state index is 0.413. The molecule has 0 aliphatic heterocycles. The zero-order chi connectivity index (χ0) is 18.2. The number of rotatable bonds is 3. The third-order valence-corrected chi connectivity index (χ3v) is 4.39. The highest BCUT2D eigenvalue weighted by molar-refractivity contribution is 7.89. The number of benzene rings is 1. The van der Waals surface area contributed by atoms with Crippen LogP contribution in [0, 0.1) is 5.82 Å². The van der Waals surface area contributed by atoms with Crippen LogP contribution in [0.4, 0.5) is 9.18 Å². The lowest BCUT2D eigenvalue weighted by atomic mass is 9.93. The molecule has 1 aromatic rings. The van der Waals surface area contributed by atoms with Crippen molar-refractivity contribution >= 4 is 16.1 Å². The van der Waals surface area contributed by atoms with Crippen molar-refractivity contribution < 1.29 is 22.3 Å². The molecule has 0 spiro atoms. The van der Waals surface area contributed by atoms with E-state index in [2.05, 4.69) is 0 Å². The number of nitrogens with two attached hydrogens (primary N) is 1. The van der Waals surface area contributed by atoms with Crippen molar-refractivity contribution in [2.24, 2.45) is 5.14 Å². The number of hydrogen-bond donors (Lipinski definition) is 1. The highest BCUT2D eigenvalue weighted by atomic mass is 32.2. The van der Waals surface area contributed by atoms with E-state index in [4.69, 9.17) is 9.88 Å². The van der Waals surface area contributed by atoms with Crippen molar-refractivity contribution in [2.75, 3.05) is 7.05 Å². The van der Waals surface area contributed by atoms with E-state index >= 15 is 0 Å². The Bertz CT molecular complexity index is 709. The first kappa shape index (κ1) is 19.4. The zero-order valence-electron chi connectivity index (χ0n) is 14.2. The summed E-state index contributed by atoms with van der Waals surface area (Å²) in [6.07, 6.45) is -0.571. The van der Waals surface area contributed by atoms with E-state index in [0.717, 1.165) is 12.1 Å². The maximum atomic E-state index is 14.0. The van der Waals surface area contributed by atoms with Gasteiger partial charge in [-0.05, 0) is 52.3 Å². The summed E-state index contributed by atoms with van der Waals surface area (Å²) >= 11 is 0. The summed E-state index contributed by atoms with van der Waals surface area (Å²) in [5.41, 5.74) is -1.17. The SMILES string of the molecule is CN(C(=O)OC(C)(C)C)C(C)(C)c1ccc(S(N)(=O)=O)c(F)c1. The first-order valence-electron chi connectivity index (χ1n) is 6.96. The molecule has 130 valence electrons. The molecule has 1 rings (SSSR count). The molecule has 0 atom stereocenters. The van der Waals surface area contributed by atoms with Crippen LogP contribution in [0.15, 0.2) is 23.1 Å². The lowest BCUT2D eigenvalue weighted by molar-refractivity contribution is 0.0103. The standard InChI is InChI=1S/C15H23FN2O4S/c1-14(2,3)22-13(19)18(6)15(4,5)10-7-8-12(11(16)9-10)23(17,20)21/h7-9H,1-6H3,(H2,17,20,21). The predicted octanol–water partition coefficient (Wildman–Crippen LogP) is 2.58. The van der Waals surface area contributed by atoms with Crippen LogP contribution in [-0.4, -0.2) is 32.1 Å². The van der Waals surface area contributed by atoms with Crippen LogP contribution in [0.25, 0.3) is 0 Å². The van der Waals surface area contributed by atoms with Crippen molar-refractivity contribution in [3.8, 4) is 0 Å². The Labute approximate surface area is 136 Å². The lowest BCUT2D eigenvalue weighted by Gasteiger charge is -2.37. The van der Waals surface area contributed by atoms with Gasteiger partial charge in [-0.3, -0.25) is 0 Å². The average Bonchev–Trinajstić information content (AvgIpc) is 2.33. The van der Waals surface area contributed by atoms with Gasteiger partial charge in [-0.15, -0.1) is 0 Å². The topological polar surface area (TPSA) is 89.7 Å². The van der Waals surface area contributed by atoms with Gasteiger partial charge in [-0.1, -0.05) is 6.07 Å². The van der Waals surface area contributed by atoms with E-state index in [1.807, 2.05) is 0 Å². The number of carbonyl (C=O) groups excluding carboxylic acids is 1. The average molecular weight is 346 g/mol. The van der Waals surface area contributed by atoms with E-state index < -0.39 is 38.0 Å². The van der Waals surface area contributed by atoms with Crippen molar-refractivity contribution in [1.82, 2.24) is 4.90 Å². The van der Waals surface area contributed by atoms with Gasteiger partial charge in [0.2, 0.25) is 10.0 Å². The molecule has 8 heteroatoms. The van der Waals surface area contributed by atoms with Gasteiger partial charge in [0, 0.05) is 7.05 Å². The summed E-state index contributed by atoms with van der Waals surface area (Å²) in [5.74, 6) is -0.962. The summed E-state index contributed by atoms with van der Waals surface area (Å²) < 4.78 is 41.8. The quantitative estimate of drug-likeness (QED) is 0.911. The second kappa shape index (κ2) is 6.09. The fourth-order valence-electron chi connectivity index (χ4n) is 1.86. The van der Waals surface area contributed by atoms with Crippen molar-refractivity contribution in [3.63, 3.8) is 0 Å². The maximum absolute atomic E-state index is 14.0. The molecule has 0 fully saturated rings. The number of sulfonamides is 1. The van der Waals surface area contributed by atoms with Crippen LogP contribution in [0.5, 0.6) is 0 Å². The van der Waals surface area contributed by atoms with Gasteiger partial charge in [0.25, 0.3) is 0 Å². The Morgan fingerprint density at radius 2 is 1.74 bits per heavy atom. The Hall–Kier alpha value is -1.67. The molecule has 0 unspecified atom stereocenters. The minimum Gasteiger partial charge on any atom is -0.444 e. The molecule has 1 amide bonds. The monoisotopic (exact) mass is 346 g/mol. The highest BCUT2D eigenvalue weighted by Crippen LogP contribution is 2.30. The normalized spacial score (nSPS) is 12.9. The number of hydrogen-bond acceptors (Lipinski definition) is 4. The molecular weight excluding hydrogens is 323 g/mol. The number of ether oxygens (including phenoxy) is 1. The molecule has 6 nitrogen and oxygen atoms in total. The van der Waals surface area contributed by atoms with Crippen LogP contribution in [-0.2, 0) is 20.3 Å². The lowest BCUT2D eigenvalue weighted by Crippen LogP contribution is -2.45. The van der Waals surface area contributed by atoms with E-state index in [0.29, 0.717) is 5.56 Å². The summed E-state index contributed by atoms with van der Waals surface area (Å²) in [4.78, 5) is 12.9. The number of halogens is 1. The molecule has 0 aliphatic carbocycles. The summed E-state index contributed by atoms with van der Waals surface area (Å²) in [7, 11) is -2.61. The summed E-state index contributed by atoms with van der Waals surface area (Å²) in [6, 6.07) is 3.56. The van der Waals surface area contributed by atoms with Gasteiger partial charge in [0.05, 0.1) is 5.54 Å². The van der Waals surface area contributed by atoms with Gasteiger partial charge in [-0.25, -0.2) is 22.7 Å². The predicted molar refractivity (Wildman–Crippen MR) is 84.8 cm³/mol. The third kappa shape index (κ3) is 4.65. The Morgan fingerprint density at radius 1 is 1.22 bits per heavy atom. The van der Waals surface area contributed by atoms with Crippen molar-refractivity contribution in [1.29, 1.82) is 0 Å². The van der Waals surface area contributed by atoms with Gasteiger partial charge in [-0.2, -0.15) is 0 Å². The second-order valence-corrected chi connectivity index (χ2v) is 8.32. The molecule has 0 aromatic heterocycles. The molecule has 0 aliphatic rings. The third-order valence-electron chi connectivity index (χ3n) is 3.45. The van der Waals surface area contributed by atoms with Crippen LogP contribution in [0.3, 0.4) is 0 Å². The van der Waals surface area contributed by atoms with Crippen LogP contribution in [0.2, 0.25) is 0 Å². The van der Waals surface area contributed by atoms with Crippen LogP contribution < -0.4 is 5.14 Å². The largest absolute Gasteiger partial charge is 0.444 e. The fourth-order valence-corrected chi connectivity index (χ4v) is 2.45. The van der Waals surface area contributed by atoms with Gasteiger partial charge < -0.3 is 9.64 Å². The van der Waals surface area contributed by atoms with Crippen molar-refractivity contribution in [3.05, 3.63) is 29.6 Å². The van der Waals surface area contributed by atoms with Gasteiger partial charge >= 0.3 is 6.09 Å². The van der Waals surface area contributed by atoms with Crippen molar-refractivity contribution in [2.45, 2.75) is 50.7 Å². The number of carbonyl (C=O) groups is 1. The Kier molecular flexibility index (Phi) is 5.13. The molecule has 0 saturated heterocycles. The molecule has 0 heterocycles. The van der Waals surface area contributed by atoms with Crippen LogP contribution in [0.1, 0.15) is 40.2 Å². The molecule has 0 saturated carbocycles. The first-order chi connectivity index (χ1) is 10.2. The second-order valence-electron chi connectivity index (χ2n) is 6.79. The Morgan fingerprint density at radius 3 is 2.13 bits per heavy atom. The van der Waals surface area contributed by atoms with Gasteiger partial charge in [0.15, 0.2) is 0 Å². The summed E-state index contributed by atoms with van der Waals surface area (Å²) in [5, 5.41) is 4.94. The molecular formula is C15H23FN2O4S. The highest BCUT2D eigenvalue weighted by Gasteiger charge is 2.33. The molecule has 2 N–H and O–H groups in total. The minimum atomic E-state index is -4.14. The first-order valence-corrected chi connectivity index (χ1v) is 8.50. The maximum Gasteiger partial charge on any atom is 0.410 e. The van der Waals surface area contributed by atoms with Crippen LogP contribution >= 0.6 is 0 Å². The number of nitrogens with zero attached hydrogens (tertiary/aromatic N) is 1. The van der Waals surface area contributed by atoms with Gasteiger partial charge in [0.1, 0.15) is 16.3 Å². The number of primary sulfonamides is 1. The molecule has 0 bridgehead atoms. The van der Waals surface area contributed by atoms with E-state index in [-0.39, 0.29) is 0 Å². The van der Waals surface area contributed by atoms with E-state index in [1.165, 1.54) is 18.0 Å². The number of amides is 1. The summed E-state index contributed by atoms with van der Waals surface area (Å²) in [6.45, 7) is 8.62. The van der Waals surface area contributed by atoms with E-state index in [1.54, 1.807) is 34.6 Å². The smallest absolute Gasteiger partial charge is 0.410 e. The molecule has 0 radical (unpaired) electrons. The van der Waals surface area contributed by atoms with E-state index in [9.17, 15) is 17.6 Å². The molecule has 23 heavy (non-hydrogen) atoms. The fraction of sp³-hybridized carbons (Fsp3) is 0.533.